The van der Waals surface area contributed by atoms with Crippen molar-refractivity contribution in [2.75, 3.05) is 13.3 Å². The number of nitrogens with zero attached hydrogens (tertiary/aromatic N) is 2. The van der Waals surface area contributed by atoms with Crippen LogP contribution in [0.2, 0.25) is 0 Å². The largest absolute Gasteiger partial charge is 0.454 e. The Morgan fingerprint density at radius 1 is 1.15 bits per heavy atom. The van der Waals surface area contributed by atoms with Gasteiger partial charge in [-0.05, 0) is 49.7 Å². The van der Waals surface area contributed by atoms with Gasteiger partial charge in [0.05, 0.1) is 17.8 Å². The molecule has 2 aromatic carbocycles. The lowest BCUT2D eigenvalue weighted by Crippen LogP contribution is -2.45. The summed E-state index contributed by atoms with van der Waals surface area (Å²) in [7, 11) is 0. The molecule has 2 aromatic rings. The van der Waals surface area contributed by atoms with Crippen molar-refractivity contribution in [3.63, 3.8) is 0 Å². The number of nitrogens with one attached hydrogen (secondary N) is 1. The summed E-state index contributed by atoms with van der Waals surface area (Å²) >= 11 is 0. The molecule has 2 amide bonds. The number of fused-ring (bicyclic) bond motifs is 1. The molecule has 1 N–H and O–H groups in total. The average Bonchev–Trinajstić information content (AvgIpc) is 3.41. The van der Waals surface area contributed by atoms with Gasteiger partial charge in [0.15, 0.2) is 17.6 Å². The lowest BCUT2D eigenvalue weighted by atomic mass is 10.0. The molecule has 0 aliphatic carbocycles. The summed E-state index contributed by atoms with van der Waals surface area (Å²) in [6, 6.07) is 9.86. The van der Waals surface area contributed by atoms with E-state index in [0.29, 0.717) is 23.5 Å². The average molecular weight is 463 g/mol. The Balaban J connectivity index is 1.43. The van der Waals surface area contributed by atoms with Crippen LogP contribution >= 0.6 is 0 Å². The van der Waals surface area contributed by atoms with Crippen molar-refractivity contribution >= 4 is 11.7 Å². The molecule has 2 heterocycles. The van der Waals surface area contributed by atoms with Crippen LogP contribution in [-0.2, 0) is 17.6 Å². The van der Waals surface area contributed by atoms with Gasteiger partial charge in [-0.15, -0.1) is 0 Å². The number of rotatable bonds is 6. The Labute approximate surface area is 189 Å². The maximum atomic E-state index is 12.9. The van der Waals surface area contributed by atoms with E-state index < -0.39 is 17.8 Å². The normalized spacial score (nSPS) is 17.0. The molecule has 33 heavy (non-hydrogen) atoms. The van der Waals surface area contributed by atoms with E-state index in [1.165, 1.54) is 17.0 Å². The molecular formula is C23H24F3N3O4. The summed E-state index contributed by atoms with van der Waals surface area (Å²) in [5, 5.41) is 7.00. The monoisotopic (exact) mass is 463 g/mol. The molecule has 176 valence electrons. The number of alkyl halides is 3. The van der Waals surface area contributed by atoms with Crippen LogP contribution in [0.1, 0.15) is 37.0 Å². The molecule has 0 saturated carbocycles. The zero-order valence-electron chi connectivity index (χ0n) is 18.2. The minimum absolute atomic E-state index is 0.0995. The summed E-state index contributed by atoms with van der Waals surface area (Å²) in [6.07, 6.45) is -4.33. The van der Waals surface area contributed by atoms with Crippen LogP contribution in [0, 0.1) is 0 Å². The maximum absolute atomic E-state index is 12.9. The number of ether oxygens (including phenoxy) is 2. The zero-order chi connectivity index (χ0) is 23.6. The highest BCUT2D eigenvalue weighted by Crippen LogP contribution is 2.34. The highest BCUT2D eigenvalue weighted by molar-refractivity contribution is 6.01. The molecule has 2 aliphatic heterocycles. The first-order valence-electron chi connectivity index (χ1n) is 10.5. The molecule has 0 radical (unpaired) electrons. The van der Waals surface area contributed by atoms with Gasteiger partial charge in [0.1, 0.15) is 0 Å². The first-order chi connectivity index (χ1) is 15.7. The third-order valence-electron chi connectivity index (χ3n) is 5.22. The predicted octanol–water partition coefficient (Wildman–Crippen LogP) is 4.55. The van der Waals surface area contributed by atoms with Gasteiger partial charge < -0.3 is 24.5 Å². The van der Waals surface area contributed by atoms with Crippen molar-refractivity contribution in [2.24, 2.45) is 5.16 Å². The van der Waals surface area contributed by atoms with Gasteiger partial charge in [-0.2, -0.15) is 13.2 Å². The van der Waals surface area contributed by atoms with Gasteiger partial charge in [0.25, 0.3) is 0 Å². The van der Waals surface area contributed by atoms with Crippen LogP contribution < -0.4 is 14.8 Å². The third-order valence-corrected chi connectivity index (χ3v) is 5.22. The van der Waals surface area contributed by atoms with Gasteiger partial charge in [-0.1, -0.05) is 17.3 Å². The minimum atomic E-state index is -4.41. The Kier molecular flexibility index (Phi) is 6.35. The Hall–Kier alpha value is -3.43. The lowest BCUT2D eigenvalue weighted by Gasteiger charge is -2.26. The Morgan fingerprint density at radius 3 is 2.58 bits per heavy atom. The van der Waals surface area contributed by atoms with Gasteiger partial charge >= 0.3 is 12.2 Å². The summed E-state index contributed by atoms with van der Waals surface area (Å²) in [5.74, 6) is 1.31. The van der Waals surface area contributed by atoms with Crippen LogP contribution in [0.3, 0.4) is 0 Å². The van der Waals surface area contributed by atoms with E-state index >= 15 is 0 Å². The van der Waals surface area contributed by atoms with E-state index in [4.69, 9.17) is 14.3 Å². The molecular weight excluding hydrogens is 439 g/mol. The quantitative estimate of drug-likeness (QED) is 0.683. The maximum Gasteiger partial charge on any atom is 0.416 e. The fourth-order valence-electron chi connectivity index (χ4n) is 3.60. The number of urea groups is 1. The second-order valence-corrected chi connectivity index (χ2v) is 8.22. The molecule has 10 heteroatoms. The molecule has 0 saturated heterocycles. The van der Waals surface area contributed by atoms with Gasteiger partial charge in [0.2, 0.25) is 6.79 Å². The number of halogens is 3. The molecule has 0 aromatic heterocycles. The zero-order valence-corrected chi connectivity index (χ0v) is 18.2. The number of carbonyl (C=O) groups is 1. The second-order valence-electron chi connectivity index (χ2n) is 8.22. The second kappa shape index (κ2) is 9.21. The van der Waals surface area contributed by atoms with Crippen LogP contribution in [0.25, 0.3) is 0 Å². The van der Waals surface area contributed by atoms with E-state index in [1.807, 2.05) is 26.0 Å². The van der Waals surface area contributed by atoms with Crippen molar-refractivity contribution in [1.82, 2.24) is 10.2 Å². The van der Waals surface area contributed by atoms with E-state index in [-0.39, 0.29) is 32.0 Å². The SMILES string of the molecule is CC(C)NC(=O)N(Cc1ccc(C(F)(F)F)cc1)CC1CC(c2ccc3c(c2)OCO3)=NO1. The Bertz CT molecular complexity index is 1040. The van der Waals surface area contributed by atoms with Crippen molar-refractivity contribution in [3.05, 3.63) is 59.2 Å². The highest BCUT2D eigenvalue weighted by atomic mass is 19.4. The van der Waals surface area contributed by atoms with E-state index in [0.717, 1.165) is 23.4 Å². The molecule has 1 atom stereocenters. The van der Waals surface area contributed by atoms with E-state index in [9.17, 15) is 18.0 Å². The number of hydrogen-bond donors (Lipinski definition) is 1. The molecule has 0 spiro atoms. The van der Waals surface area contributed by atoms with Gasteiger partial charge in [-0.3, -0.25) is 0 Å². The van der Waals surface area contributed by atoms with Crippen molar-refractivity contribution in [3.8, 4) is 11.5 Å². The third kappa shape index (κ3) is 5.50. The van der Waals surface area contributed by atoms with E-state index in [2.05, 4.69) is 10.5 Å². The summed E-state index contributed by atoms with van der Waals surface area (Å²) in [4.78, 5) is 19.9. The first kappa shape index (κ1) is 22.8. The van der Waals surface area contributed by atoms with Crippen LogP contribution in [-0.4, -0.2) is 42.1 Å². The van der Waals surface area contributed by atoms with Crippen LogP contribution in [0.15, 0.2) is 47.6 Å². The topological polar surface area (TPSA) is 72.4 Å². The number of carbonyl (C=O) groups excluding carboxylic acids is 1. The van der Waals surface area contributed by atoms with Crippen LogP contribution in [0.4, 0.5) is 18.0 Å². The molecule has 0 bridgehead atoms. The standard InChI is InChI=1S/C23H24F3N3O4/c1-14(2)27-22(30)29(11-15-3-6-17(7-4-15)23(24,25)26)12-18-10-19(28-33-18)16-5-8-20-21(9-16)32-13-31-20/h3-9,14,18H,10-13H2,1-2H3,(H,27,30). The van der Waals surface area contributed by atoms with E-state index in [1.54, 1.807) is 6.07 Å². The van der Waals surface area contributed by atoms with Crippen molar-refractivity contribution in [2.45, 2.75) is 45.1 Å². The summed E-state index contributed by atoms with van der Waals surface area (Å²) in [5.41, 5.74) is 1.40. The minimum Gasteiger partial charge on any atom is -0.454 e. The van der Waals surface area contributed by atoms with Gasteiger partial charge in [-0.25, -0.2) is 4.79 Å². The fraction of sp³-hybridized carbons (Fsp3) is 0.391. The predicted molar refractivity (Wildman–Crippen MR) is 114 cm³/mol. The highest BCUT2D eigenvalue weighted by Gasteiger charge is 2.31. The smallest absolute Gasteiger partial charge is 0.416 e. The first-order valence-corrected chi connectivity index (χ1v) is 10.5. The molecule has 0 fully saturated rings. The van der Waals surface area contributed by atoms with Gasteiger partial charge in [0, 0.05) is 24.6 Å². The molecule has 1 unspecified atom stereocenters. The Morgan fingerprint density at radius 2 is 1.88 bits per heavy atom. The number of hydrogen-bond acceptors (Lipinski definition) is 5. The lowest BCUT2D eigenvalue weighted by molar-refractivity contribution is -0.137. The fourth-order valence-corrected chi connectivity index (χ4v) is 3.60. The number of oxime groups is 1. The summed E-state index contributed by atoms with van der Waals surface area (Å²) < 4.78 is 49.3. The molecule has 4 rings (SSSR count). The van der Waals surface area contributed by atoms with Crippen molar-refractivity contribution < 1.29 is 32.3 Å². The summed E-state index contributed by atoms with van der Waals surface area (Å²) in [6.45, 7) is 4.20. The number of amides is 2. The van der Waals surface area contributed by atoms with Crippen LogP contribution in [0.5, 0.6) is 11.5 Å². The molecule has 7 nitrogen and oxygen atoms in total. The number of benzene rings is 2. The van der Waals surface area contributed by atoms with Crippen molar-refractivity contribution in [1.29, 1.82) is 0 Å². The molecule has 2 aliphatic rings.